The average molecular weight is 785 g/mol. The second-order valence-corrected chi connectivity index (χ2v) is 15.0. The second kappa shape index (κ2) is 20.0. The van der Waals surface area contributed by atoms with Crippen LogP contribution in [-0.2, 0) is 37.2 Å². The van der Waals surface area contributed by atoms with Gasteiger partial charge in [-0.3, -0.25) is 15.0 Å². The molecule has 0 saturated carbocycles. The van der Waals surface area contributed by atoms with E-state index in [1.54, 1.807) is 26.2 Å². The van der Waals surface area contributed by atoms with Gasteiger partial charge in [-0.15, -0.1) is 0 Å². The molecule has 0 bridgehead atoms. The summed E-state index contributed by atoms with van der Waals surface area (Å²) in [6.07, 6.45) is 2.09. The van der Waals surface area contributed by atoms with Gasteiger partial charge in [0, 0.05) is 52.2 Å². The molecule has 0 aliphatic carbocycles. The van der Waals surface area contributed by atoms with Crippen LogP contribution >= 0.6 is 0 Å². The van der Waals surface area contributed by atoms with Crippen molar-refractivity contribution in [3.8, 4) is 23.3 Å². The van der Waals surface area contributed by atoms with Crippen LogP contribution in [0.3, 0.4) is 0 Å². The van der Waals surface area contributed by atoms with E-state index < -0.39 is 10.5 Å². The largest absolute Gasteiger partial charge is 0.497 e. The molecule has 0 spiro atoms. The van der Waals surface area contributed by atoms with E-state index in [9.17, 15) is 14.9 Å². The van der Waals surface area contributed by atoms with Crippen LogP contribution in [-0.4, -0.2) is 90.5 Å². The molecule has 0 atom stereocenters. The molecule has 0 radical (unpaired) electrons. The van der Waals surface area contributed by atoms with Crippen LogP contribution < -0.4 is 23.8 Å². The molecule has 14 nitrogen and oxygen atoms in total. The fourth-order valence-corrected chi connectivity index (χ4v) is 6.55. The molecule has 1 aromatic heterocycles. The maximum absolute atomic E-state index is 13.0. The van der Waals surface area contributed by atoms with Gasteiger partial charge in [0.25, 0.3) is 0 Å². The summed E-state index contributed by atoms with van der Waals surface area (Å²) >= 11 is 0. The third-order valence-electron chi connectivity index (χ3n) is 9.61. The van der Waals surface area contributed by atoms with Gasteiger partial charge >= 0.3 is 17.8 Å². The van der Waals surface area contributed by atoms with Crippen LogP contribution in [0.25, 0.3) is 0 Å². The number of hydrogen-bond acceptors (Lipinski definition) is 12. The summed E-state index contributed by atoms with van der Waals surface area (Å²) in [6, 6.07) is 21.4. The lowest BCUT2D eigenvalue weighted by Crippen LogP contribution is -2.49. The van der Waals surface area contributed by atoms with Crippen LogP contribution in [0.15, 0.2) is 66.7 Å². The Labute approximate surface area is 335 Å². The Morgan fingerprint density at radius 2 is 1.42 bits per heavy atom. The molecule has 1 saturated heterocycles. The zero-order valence-electron chi connectivity index (χ0n) is 34.3. The van der Waals surface area contributed by atoms with Crippen LogP contribution in [0.2, 0.25) is 0 Å². The van der Waals surface area contributed by atoms with E-state index in [-0.39, 0.29) is 35.7 Å². The summed E-state index contributed by atoms with van der Waals surface area (Å²) < 4.78 is 28.2. The lowest BCUT2D eigenvalue weighted by atomic mass is 10.0. The van der Waals surface area contributed by atoms with Crippen LogP contribution in [0, 0.1) is 10.1 Å². The molecule has 1 fully saturated rings. The molecule has 0 unspecified atom stereocenters. The summed E-state index contributed by atoms with van der Waals surface area (Å²) in [6.45, 7) is 12.0. The van der Waals surface area contributed by atoms with Crippen LogP contribution in [0.1, 0.15) is 68.5 Å². The minimum atomic E-state index is -0.534. The lowest BCUT2D eigenvalue weighted by molar-refractivity contribution is -0.385. The first-order chi connectivity index (χ1) is 27.4. The maximum atomic E-state index is 13.0. The molecular formula is C43H56N6O8. The molecule has 1 aliphatic heterocycles. The fraction of sp³-hybridized carbons (Fsp3) is 0.465. The Bertz CT molecular complexity index is 1880. The van der Waals surface area contributed by atoms with E-state index in [1.165, 1.54) is 0 Å². The van der Waals surface area contributed by atoms with Gasteiger partial charge in [-0.05, 0) is 86.2 Å². The molecule has 306 valence electrons. The summed E-state index contributed by atoms with van der Waals surface area (Å²) in [7, 11) is 4.85. The number of benzene rings is 3. The van der Waals surface area contributed by atoms with Gasteiger partial charge in [-0.2, -0.15) is 9.97 Å². The van der Waals surface area contributed by atoms with Crippen molar-refractivity contribution < 1.29 is 33.4 Å². The predicted octanol–water partition coefficient (Wildman–Crippen LogP) is 7.63. The van der Waals surface area contributed by atoms with Gasteiger partial charge in [0.1, 0.15) is 28.5 Å². The number of methoxy groups -OCH3 is 3. The van der Waals surface area contributed by atoms with Crippen molar-refractivity contribution in [2.45, 2.75) is 78.6 Å². The molecule has 1 aliphatic rings. The van der Waals surface area contributed by atoms with E-state index in [2.05, 4.69) is 22.9 Å². The van der Waals surface area contributed by atoms with Crippen molar-refractivity contribution in [1.29, 1.82) is 0 Å². The molecule has 2 heterocycles. The number of aromatic nitrogens is 2. The Kier molecular flexibility index (Phi) is 14.9. The monoisotopic (exact) mass is 784 g/mol. The highest BCUT2D eigenvalue weighted by Gasteiger charge is 2.30. The zero-order chi connectivity index (χ0) is 41.0. The normalized spacial score (nSPS) is 13.2. The quantitative estimate of drug-likeness (QED) is 0.0556. The number of nitro groups is 1. The van der Waals surface area contributed by atoms with E-state index in [0.717, 1.165) is 48.2 Å². The number of carbonyl (C=O) groups excluding carboxylic acids is 1. The first-order valence-electron chi connectivity index (χ1n) is 19.4. The molecule has 3 aromatic carbocycles. The number of piperazine rings is 1. The number of amides is 1. The van der Waals surface area contributed by atoms with E-state index in [0.29, 0.717) is 63.0 Å². The van der Waals surface area contributed by atoms with Crippen molar-refractivity contribution >= 4 is 17.6 Å². The minimum absolute atomic E-state index is 0.0996. The molecule has 0 N–H and O–H groups in total. The highest BCUT2D eigenvalue weighted by Crippen LogP contribution is 2.35. The number of aryl methyl sites for hydroxylation is 2. The van der Waals surface area contributed by atoms with Gasteiger partial charge in [0.15, 0.2) is 0 Å². The van der Waals surface area contributed by atoms with Gasteiger partial charge in [-0.1, -0.05) is 49.7 Å². The average Bonchev–Trinajstić information content (AvgIpc) is 3.20. The number of unbranched alkanes of at least 4 members (excludes halogenated alkanes) is 1. The summed E-state index contributed by atoms with van der Waals surface area (Å²) in [5.41, 5.74) is 3.38. The fourth-order valence-electron chi connectivity index (χ4n) is 6.55. The van der Waals surface area contributed by atoms with Crippen molar-refractivity contribution in [3.63, 3.8) is 0 Å². The van der Waals surface area contributed by atoms with Crippen LogP contribution in [0.5, 0.6) is 23.3 Å². The molecule has 14 heteroatoms. The second-order valence-electron chi connectivity index (χ2n) is 15.0. The highest BCUT2D eigenvalue weighted by molar-refractivity contribution is 5.68. The topological polar surface area (TPSA) is 142 Å². The lowest BCUT2D eigenvalue weighted by Gasteiger charge is -2.35. The van der Waals surface area contributed by atoms with Crippen molar-refractivity contribution in [1.82, 2.24) is 19.8 Å². The molecular weight excluding hydrogens is 729 g/mol. The SMILES string of the molecule is CCCCOc1nc(CCc2ccc(CN3CCN(C(=O)OC(C)(C)C)CC3)cc2OC)c([N+](=O)[O-])c(N(Cc2ccc(OC)cc2)Cc2ccc(OC)cc2)n1. The number of carbonyl (C=O) groups is 1. The Morgan fingerprint density at radius 1 is 0.825 bits per heavy atom. The summed E-state index contributed by atoms with van der Waals surface area (Å²) in [5.74, 6) is 2.29. The summed E-state index contributed by atoms with van der Waals surface area (Å²) in [5, 5.41) is 13.0. The first-order valence-corrected chi connectivity index (χ1v) is 19.4. The number of ether oxygens (including phenoxy) is 5. The van der Waals surface area contributed by atoms with Crippen molar-refractivity contribution in [2.75, 3.05) is 59.0 Å². The Morgan fingerprint density at radius 3 is 1.95 bits per heavy atom. The first kappa shape index (κ1) is 42.5. The van der Waals surface area contributed by atoms with Crippen molar-refractivity contribution in [2.24, 2.45) is 0 Å². The summed E-state index contributed by atoms with van der Waals surface area (Å²) in [4.78, 5) is 40.5. The van der Waals surface area contributed by atoms with Gasteiger partial charge in [-0.25, -0.2) is 4.79 Å². The smallest absolute Gasteiger partial charge is 0.410 e. The predicted molar refractivity (Wildman–Crippen MR) is 218 cm³/mol. The van der Waals surface area contributed by atoms with Gasteiger partial charge in [0.2, 0.25) is 5.82 Å². The number of rotatable bonds is 18. The minimum Gasteiger partial charge on any atom is -0.497 e. The molecule has 1 amide bonds. The van der Waals surface area contributed by atoms with Crippen LogP contribution in [0.4, 0.5) is 16.3 Å². The van der Waals surface area contributed by atoms with E-state index >= 15 is 0 Å². The van der Waals surface area contributed by atoms with E-state index in [1.807, 2.05) is 86.3 Å². The third kappa shape index (κ3) is 12.2. The molecule has 57 heavy (non-hydrogen) atoms. The molecule has 4 aromatic rings. The van der Waals surface area contributed by atoms with Crippen molar-refractivity contribution in [3.05, 3.63) is 105 Å². The number of hydrogen-bond donors (Lipinski definition) is 0. The molecule has 5 rings (SSSR count). The Balaban J connectivity index is 1.41. The van der Waals surface area contributed by atoms with Gasteiger partial charge in [0.05, 0.1) is 32.9 Å². The third-order valence-corrected chi connectivity index (χ3v) is 9.61. The van der Waals surface area contributed by atoms with Gasteiger partial charge < -0.3 is 33.5 Å². The standard InChI is InChI=1S/C43H56N6O8/c1-8-9-26-56-41-44-37(21-16-34-15-10-33(27-38(34)55-7)28-46-22-24-47(25-23-46)42(50)57-43(2,3)4)39(49(51)52)40(45-41)48(29-31-11-17-35(53-5)18-12-31)30-32-13-19-36(54-6)20-14-32/h10-15,17-20,27H,8-9,16,21-26,28-30H2,1-7H3. The van der Waals surface area contributed by atoms with E-state index in [4.69, 9.17) is 28.7 Å². The number of nitrogens with zero attached hydrogens (tertiary/aromatic N) is 6. The Hall–Kier alpha value is -5.63. The number of anilines is 1. The highest BCUT2D eigenvalue weighted by atomic mass is 16.6. The maximum Gasteiger partial charge on any atom is 0.410 e. The zero-order valence-corrected chi connectivity index (χ0v) is 34.3.